The smallest absolute Gasteiger partial charge is 0.744 e. The van der Waals surface area contributed by atoms with Crippen LogP contribution in [0.2, 0.25) is 0 Å². The van der Waals surface area contributed by atoms with E-state index in [2.05, 4.69) is 76.3 Å². The molecule has 17 heteroatoms. The van der Waals surface area contributed by atoms with Gasteiger partial charge in [-0.05, 0) is 127 Å². The van der Waals surface area contributed by atoms with Crippen molar-refractivity contribution in [3.63, 3.8) is 0 Å². The van der Waals surface area contributed by atoms with Crippen LogP contribution in [0.3, 0.4) is 0 Å². The van der Waals surface area contributed by atoms with E-state index in [0.29, 0.717) is 25.7 Å². The molecule has 0 saturated carbocycles. The first-order valence-electron chi connectivity index (χ1n) is 28.1. The van der Waals surface area contributed by atoms with Crippen LogP contribution in [0.5, 0.6) is 0 Å². The van der Waals surface area contributed by atoms with E-state index < -0.39 is 65.0 Å². The molecule has 0 fully saturated rings. The van der Waals surface area contributed by atoms with Gasteiger partial charge in [0.05, 0.1) is 58.5 Å². The first kappa shape index (κ1) is 73.4. The Kier molecular flexibility index (Phi) is 45.0. The Labute approximate surface area is 493 Å². The van der Waals surface area contributed by atoms with Gasteiger partial charge in [-0.15, -0.1) is 0 Å². The number of allylic oxidation sites excluding steroid dienone is 8. The fourth-order valence-corrected chi connectivity index (χ4v) is 9.29. The number of carbonyl (C=O) groups excluding carboxylic acids is 4. The molecule has 0 atom stereocenters. The third kappa shape index (κ3) is 35.6. The zero-order chi connectivity index (χ0) is 56.1. The monoisotopic (exact) mass is 1140 g/mol. The van der Waals surface area contributed by atoms with Gasteiger partial charge in [0, 0.05) is 0 Å². The van der Waals surface area contributed by atoms with E-state index in [-0.39, 0.29) is 75.3 Å². The number of carbonyl (C=O) groups is 4. The Morgan fingerprint density at radius 3 is 0.844 bits per heavy atom. The van der Waals surface area contributed by atoms with Gasteiger partial charge < -0.3 is 28.1 Å². The molecule has 0 aliphatic heterocycles. The van der Waals surface area contributed by atoms with Crippen LogP contribution < -0.4 is 0 Å². The van der Waals surface area contributed by atoms with E-state index in [4.69, 9.17) is 18.9 Å². The van der Waals surface area contributed by atoms with Crippen LogP contribution in [-0.2, 0) is 39.2 Å². The molecule has 77 heavy (non-hydrogen) atoms. The molecular formula is C60H90CaO14S2. The van der Waals surface area contributed by atoms with Gasteiger partial charge in [0.15, 0.2) is 0 Å². The van der Waals surface area contributed by atoms with Crippen LogP contribution in [0.25, 0.3) is 0 Å². The minimum atomic E-state index is -5.00. The van der Waals surface area contributed by atoms with Crippen molar-refractivity contribution in [3.8, 4) is 0 Å². The van der Waals surface area contributed by atoms with Crippen molar-refractivity contribution >= 4 is 81.9 Å². The average Bonchev–Trinajstić information content (AvgIpc) is 3.39. The SMILES string of the molecule is CC/C=C/CCCCCCCOC(=O)c1cccc(S(=O)(=O)[O-])c1C(=O)OCCCCCCC/C=C/CC.CC/C=C/CCCCCCCOC(=O)c1cccc(S(=O)(=O)[O-])c1C(=O)OCCCCCCC/C=C/CC.[Ca+2]. The van der Waals surface area contributed by atoms with Crippen molar-refractivity contribution in [1.29, 1.82) is 0 Å². The van der Waals surface area contributed by atoms with Crippen LogP contribution in [0.1, 0.15) is 249 Å². The van der Waals surface area contributed by atoms with Crippen LogP contribution in [0.15, 0.2) is 94.8 Å². The molecular weight excluding hydrogens is 1050 g/mol. The van der Waals surface area contributed by atoms with Crippen molar-refractivity contribution in [2.24, 2.45) is 0 Å². The summed E-state index contributed by atoms with van der Waals surface area (Å²) in [6.07, 6.45) is 44.6. The molecule has 0 aliphatic carbocycles. The summed E-state index contributed by atoms with van der Waals surface area (Å²) >= 11 is 0. The topological polar surface area (TPSA) is 220 Å². The maximum atomic E-state index is 12.8. The van der Waals surface area contributed by atoms with Crippen molar-refractivity contribution in [2.75, 3.05) is 26.4 Å². The third-order valence-corrected chi connectivity index (χ3v) is 13.8. The minimum Gasteiger partial charge on any atom is -0.744 e. The molecule has 0 aliphatic rings. The van der Waals surface area contributed by atoms with Crippen molar-refractivity contribution in [2.45, 2.75) is 217 Å². The number of esters is 4. The fraction of sp³-hybridized carbons (Fsp3) is 0.600. The molecule has 0 heterocycles. The Balaban J connectivity index is 0.00000148. The first-order valence-corrected chi connectivity index (χ1v) is 30.9. The zero-order valence-electron chi connectivity index (χ0n) is 46.9. The van der Waals surface area contributed by atoms with Crippen molar-refractivity contribution in [1.82, 2.24) is 0 Å². The second kappa shape index (κ2) is 47.2. The van der Waals surface area contributed by atoms with Crippen LogP contribution >= 0.6 is 0 Å². The van der Waals surface area contributed by atoms with E-state index in [9.17, 15) is 45.1 Å². The summed E-state index contributed by atoms with van der Waals surface area (Å²) in [7, 11) is -10.00. The number of unbranched alkanes of at least 4 members (excludes halogenated alkanes) is 20. The number of hydrogen-bond donors (Lipinski definition) is 0. The van der Waals surface area contributed by atoms with Gasteiger partial charge in [0.2, 0.25) is 0 Å². The molecule has 0 saturated heterocycles. The van der Waals surface area contributed by atoms with Crippen LogP contribution in [0, 0.1) is 0 Å². The molecule has 0 spiro atoms. The summed E-state index contributed by atoms with van der Waals surface area (Å²) in [6.45, 7) is 8.86. The second-order valence-corrected chi connectivity index (χ2v) is 21.2. The first-order chi connectivity index (χ1) is 36.6. The molecule has 0 amide bonds. The summed E-state index contributed by atoms with van der Waals surface area (Å²) in [4.78, 5) is 49.4. The molecule has 0 unspecified atom stereocenters. The third-order valence-electron chi connectivity index (χ3n) is 12.0. The minimum absolute atomic E-state index is 0. The largest absolute Gasteiger partial charge is 2.00 e. The van der Waals surface area contributed by atoms with Gasteiger partial charge in [-0.1, -0.05) is 165 Å². The Hall–Kier alpha value is -3.64. The Bertz CT molecular complexity index is 2130. The van der Waals surface area contributed by atoms with E-state index >= 15 is 0 Å². The summed E-state index contributed by atoms with van der Waals surface area (Å²) in [6, 6.07) is 7.09. The molecule has 2 rings (SSSR count). The number of rotatable bonds is 42. The molecule has 2 aromatic carbocycles. The maximum Gasteiger partial charge on any atom is 2.00 e. The van der Waals surface area contributed by atoms with Crippen molar-refractivity contribution in [3.05, 3.63) is 107 Å². The van der Waals surface area contributed by atoms with Crippen LogP contribution in [0.4, 0.5) is 0 Å². The predicted octanol–water partition coefficient (Wildman–Crippen LogP) is 14.7. The average molecular weight is 1140 g/mol. The standard InChI is InChI=1S/2C30H46O7S.Ca/c2*1-3-5-7-9-11-13-15-17-19-24-36-29(31)26-22-21-23-27(38(33,34)35)28(26)30(32)37-25-20-18-16-14-12-10-8-6-4-2;/h2*5-8,21-23H,3-4,9-20,24-25H2,1-2H3,(H,33,34,35);/q;;+2/p-2/b2*7-5+,8-6+;. The Morgan fingerprint density at radius 2 is 0.597 bits per heavy atom. The quantitative estimate of drug-likeness (QED) is 0.0151. The predicted molar refractivity (Wildman–Crippen MR) is 304 cm³/mol. The van der Waals surface area contributed by atoms with Crippen LogP contribution in [-0.4, -0.2) is 114 Å². The van der Waals surface area contributed by atoms with E-state index in [1.807, 2.05) is 0 Å². The van der Waals surface area contributed by atoms with E-state index in [1.165, 1.54) is 24.3 Å². The molecule has 2 aromatic rings. The van der Waals surface area contributed by atoms with Gasteiger partial charge in [-0.25, -0.2) is 36.0 Å². The summed E-state index contributed by atoms with van der Waals surface area (Å²) in [5, 5.41) is 0. The Morgan fingerprint density at radius 1 is 0.364 bits per heavy atom. The maximum absolute atomic E-state index is 12.8. The summed E-state index contributed by atoms with van der Waals surface area (Å²) in [5.74, 6) is -3.70. The molecule has 0 aromatic heterocycles. The van der Waals surface area contributed by atoms with Gasteiger partial charge in [-0.3, -0.25) is 0 Å². The van der Waals surface area contributed by atoms with Gasteiger partial charge in [-0.2, -0.15) is 0 Å². The van der Waals surface area contributed by atoms with Gasteiger partial charge >= 0.3 is 61.6 Å². The van der Waals surface area contributed by atoms with Gasteiger partial charge in [0.25, 0.3) is 0 Å². The van der Waals surface area contributed by atoms with E-state index in [0.717, 1.165) is 166 Å². The summed E-state index contributed by atoms with van der Waals surface area (Å²) < 4.78 is 91.9. The van der Waals surface area contributed by atoms with Gasteiger partial charge in [0.1, 0.15) is 20.2 Å². The number of ether oxygens (including phenoxy) is 4. The number of benzene rings is 2. The fourth-order valence-electron chi connectivity index (χ4n) is 7.92. The molecule has 0 radical (unpaired) electrons. The molecule has 428 valence electrons. The van der Waals surface area contributed by atoms with E-state index in [1.54, 1.807) is 0 Å². The zero-order valence-corrected chi connectivity index (χ0v) is 50.8. The normalized spacial score (nSPS) is 11.7. The molecule has 0 bridgehead atoms. The number of hydrogen-bond acceptors (Lipinski definition) is 14. The van der Waals surface area contributed by atoms with Crippen molar-refractivity contribution < 1.29 is 64.1 Å². The molecule has 14 nitrogen and oxygen atoms in total. The summed E-state index contributed by atoms with van der Waals surface area (Å²) in [5.41, 5.74) is -1.63. The molecule has 0 N–H and O–H groups in total. The second-order valence-electron chi connectivity index (χ2n) is 18.6.